The van der Waals surface area contributed by atoms with E-state index in [9.17, 15) is 4.79 Å². The van der Waals surface area contributed by atoms with Gasteiger partial charge >= 0.3 is 0 Å². The summed E-state index contributed by atoms with van der Waals surface area (Å²) in [5.74, 6) is 2.06. The van der Waals surface area contributed by atoms with Crippen molar-refractivity contribution in [3.63, 3.8) is 0 Å². The summed E-state index contributed by atoms with van der Waals surface area (Å²) in [4.78, 5) is 12.1. The average Bonchev–Trinajstić information content (AvgIpc) is 3.10. The maximum absolute atomic E-state index is 12.1. The van der Waals surface area contributed by atoms with Crippen LogP contribution in [-0.2, 0) is 11.3 Å². The van der Waals surface area contributed by atoms with Crippen molar-refractivity contribution in [2.75, 3.05) is 25.8 Å². The third-order valence-electron chi connectivity index (χ3n) is 4.07. The van der Waals surface area contributed by atoms with Gasteiger partial charge in [0.1, 0.15) is 5.75 Å². The number of amides is 1. The van der Waals surface area contributed by atoms with Crippen molar-refractivity contribution in [3.8, 4) is 17.2 Å². The molecule has 3 rings (SSSR count). The van der Waals surface area contributed by atoms with E-state index in [-0.39, 0.29) is 12.7 Å². The minimum absolute atomic E-state index is 0.0418. The molecule has 2 aromatic rings. The first-order valence-electron chi connectivity index (χ1n) is 8.30. The van der Waals surface area contributed by atoms with E-state index < -0.39 is 0 Å². The van der Waals surface area contributed by atoms with E-state index in [0.29, 0.717) is 36.0 Å². The summed E-state index contributed by atoms with van der Waals surface area (Å²) < 4.78 is 15.9. The normalized spacial score (nSPS) is 12.0. The Morgan fingerprint density at radius 2 is 2.04 bits per heavy atom. The Morgan fingerprint density at radius 3 is 2.85 bits per heavy atom. The Balaban J connectivity index is 1.47. The van der Waals surface area contributed by atoms with Gasteiger partial charge in [0, 0.05) is 30.6 Å². The summed E-state index contributed by atoms with van der Waals surface area (Å²) in [7, 11) is 1.59. The van der Waals surface area contributed by atoms with Crippen LogP contribution in [-0.4, -0.2) is 26.4 Å². The molecule has 2 N–H and O–H groups in total. The molecule has 0 fully saturated rings. The Morgan fingerprint density at radius 1 is 1.23 bits per heavy atom. The molecule has 7 heteroatoms. The standard InChI is InChI=1S/C19H21ClN2O4/c1-12-7-15(17(24-2)9-14(12)20)21-6-5-19(23)22-10-13-3-4-16-18(8-13)26-11-25-16/h3-4,7-9,21H,5-6,10-11H2,1-2H3,(H,22,23). The van der Waals surface area contributed by atoms with Crippen LogP contribution in [0.15, 0.2) is 30.3 Å². The highest BCUT2D eigenvalue weighted by molar-refractivity contribution is 6.31. The van der Waals surface area contributed by atoms with Crippen LogP contribution in [0.4, 0.5) is 5.69 Å². The lowest BCUT2D eigenvalue weighted by Gasteiger charge is -2.13. The Bertz CT molecular complexity index is 810. The maximum atomic E-state index is 12.1. The van der Waals surface area contributed by atoms with E-state index in [4.69, 9.17) is 25.8 Å². The lowest BCUT2D eigenvalue weighted by molar-refractivity contribution is -0.121. The van der Waals surface area contributed by atoms with Crippen molar-refractivity contribution in [2.24, 2.45) is 0 Å². The molecule has 1 amide bonds. The topological polar surface area (TPSA) is 68.8 Å². The number of aryl methyl sites for hydroxylation is 1. The molecule has 0 saturated heterocycles. The fourth-order valence-electron chi connectivity index (χ4n) is 2.62. The van der Waals surface area contributed by atoms with Crippen LogP contribution in [0.3, 0.4) is 0 Å². The molecule has 2 aromatic carbocycles. The number of nitrogens with one attached hydrogen (secondary N) is 2. The number of rotatable bonds is 7. The molecule has 0 spiro atoms. The molecule has 0 aliphatic carbocycles. The van der Waals surface area contributed by atoms with Gasteiger partial charge in [-0.2, -0.15) is 0 Å². The van der Waals surface area contributed by atoms with Gasteiger partial charge < -0.3 is 24.8 Å². The van der Waals surface area contributed by atoms with Crippen LogP contribution in [0, 0.1) is 6.92 Å². The summed E-state index contributed by atoms with van der Waals surface area (Å²) in [5, 5.41) is 6.76. The minimum Gasteiger partial charge on any atom is -0.495 e. The quantitative estimate of drug-likeness (QED) is 0.774. The molecule has 0 atom stereocenters. The second-order valence-corrected chi connectivity index (χ2v) is 6.35. The molecule has 0 unspecified atom stereocenters. The molecular formula is C19H21ClN2O4. The van der Waals surface area contributed by atoms with Crippen LogP contribution >= 0.6 is 11.6 Å². The number of halogens is 1. The van der Waals surface area contributed by atoms with Crippen molar-refractivity contribution in [3.05, 3.63) is 46.5 Å². The number of anilines is 1. The predicted molar refractivity (Wildman–Crippen MR) is 100 cm³/mol. The number of carbonyl (C=O) groups excluding carboxylic acids is 1. The van der Waals surface area contributed by atoms with E-state index in [0.717, 1.165) is 22.6 Å². The molecule has 138 valence electrons. The number of carbonyl (C=O) groups is 1. The first kappa shape index (κ1) is 18.2. The summed E-state index contributed by atoms with van der Waals surface area (Å²) in [6.07, 6.45) is 0.343. The summed E-state index contributed by atoms with van der Waals surface area (Å²) in [5.41, 5.74) is 2.73. The van der Waals surface area contributed by atoms with E-state index >= 15 is 0 Å². The fraction of sp³-hybridized carbons (Fsp3) is 0.316. The Labute approximate surface area is 157 Å². The second-order valence-electron chi connectivity index (χ2n) is 5.94. The van der Waals surface area contributed by atoms with Gasteiger partial charge in [0.05, 0.1) is 12.8 Å². The molecule has 1 aliphatic rings. The highest BCUT2D eigenvalue weighted by atomic mass is 35.5. The molecule has 1 heterocycles. The van der Waals surface area contributed by atoms with E-state index in [1.165, 1.54) is 0 Å². The van der Waals surface area contributed by atoms with Crippen molar-refractivity contribution < 1.29 is 19.0 Å². The van der Waals surface area contributed by atoms with Gasteiger partial charge in [-0.25, -0.2) is 0 Å². The lowest BCUT2D eigenvalue weighted by atomic mass is 10.2. The summed E-state index contributed by atoms with van der Waals surface area (Å²) in [6.45, 7) is 3.10. The largest absolute Gasteiger partial charge is 0.495 e. The van der Waals surface area contributed by atoms with Gasteiger partial charge in [-0.05, 0) is 36.2 Å². The van der Waals surface area contributed by atoms with E-state index in [2.05, 4.69) is 10.6 Å². The molecule has 0 saturated carbocycles. The van der Waals surface area contributed by atoms with Gasteiger partial charge in [0.25, 0.3) is 0 Å². The number of fused-ring (bicyclic) bond motifs is 1. The van der Waals surface area contributed by atoms with Crippen molar-refractivity contribution in [2.45, 2.75) is 19.9 Å². The third-order valence-corrected chi connectivity index (χ3v) is 4.48. The maximum Gasteiger partial charge on any atom is 0.231 e. The van der Waals surface area contributed by atoms with E-state index in [1.54, 1.807) is 13.2 Å². The minimum atomic E-state index is -0.0418. The molecule has 0 radical (unpaired) electrons. The van der Waals surface area contributed by atoms with Gasteiger partial charge in [-0.3, -0.25) is 4.79 Å². The highest BCUT2D eigenvalue weighted by Crippen LogP contribution is 2.32. The van der Waals surface area contributed by atoms with Crippen LogP contribution in [0.5, 0.6) is 17.2 Å². The monoisotopic (exact) mass is 376 g/mol. The van der Waals surface area contributed by atoms with Crippen LogP contribution < -0.4 is 24.8 Å². The number of benzene rings is 2. The highest BCUT2D eigenvalue weighted by Gasteiger charge is 2.13. The van der Waals surface area contributed by atoms with Crippen LogP contribution in [0.1, 0.15) is 17.5 Å². The smallest absolute Gasteiger partial charge is 0.231 e. The molecule has 0 aromatic heterocycles. The molecule has 0 bridgehead atoms. The van der Waals surface area contributed by atoms with Crippen LogP contribution in [0.2, 0.25) is 5.02 Å². The average molecular weight is 377 g/mol. The predicted octanol–water partition coefficient (Wildman–Crippen LogP) is 3.50. The van der Waals surface area contributed by atoms with Gasteiger partial charge in [0.15, 0.2) is 11.5 Å². The molecular weight excluding hydrogens is 356 g/mol. The molecule has 6 nitrogen and oxygen atoms in total. The summed E-state index contributed by atoms with van der Waals surface area (Å²) in [6, 6.07) is 9.31. The first-order valence-corrected chi connectivity index (χ1v) is 8.68. The zero-order chi connectivity index (χ0) is 18.5. The first-order chi connectivity index (χ1) is 12.6. The van der Waals surface area contributed by atoms with Gasteiger partial charge in [-0.1, -0.05) is 17.7 Å². The molecule has 26 heavy (non-hydrogen) atoms. The van der Waals surface area contributed by atoms with Crippen molar-refractivity contribution in [1.82, 2.24) is 5.32 Å². The zero-order valence-corrected chi connectivity index (χ0v) is 15.5. The Kier molecular flexibility index (Phi) is 5.73. The van der Waals surface area contributed by atoms with Gasteiger partial charge in [-0.15, -0.1) is 0 Å². The fourth-order valence-corrected chi connectivity index (χ4v) is 2.77. The van der Waals surface area contributed by atoms with Crippen molar-refractivity contribution >= 4 is 23.2 Å². The third kappa shape index (κ3) is 4.32. The Hall–Kier alpha value is -2.60. The number of hydrogen-bond donors (Lipinski definition) is 2. The van der Waals surface area contributed by atoms with Gasteiger partial charge in [0.2, 0.25) is 12.7 Å². The number of hydrogen-bond acceptors (Lipinski definition) is 5. The SMILES string of the molecule is COc1cc(Cl)c(C)cc1NCCC(=O)NCc1ccc2c(c1)OCO2. The molecule has 1 aliphatic heterocycles. The second kappa shape index (κ2) is 8.19. The number of methoxy groups -OCH3 is 1. The zero-order valence-electron chi connectivity index (χ0n) is 14.7. The number of ether oxygens (including phenoxy) is 3. The summed E-state index contributed by atoms with van der Waals surface area (Å²) >= 11 is 6.10. The van der Waals surface area contributed by atoms with E-state index in [1.807, 2.05) is 31.2 Å². The van der Waals surface area contributed by atoms with Crippen LogP contribution in [0.25, 0.3) is 0 Å². The van der Waals surface area contributed by atoms with Crippen molar-refractivity contribution in [1.29, 1.82) is 0 Å². The lowest BCUT2D eigenvalue weighted by Crippen LogP contribution is -2.24.